The van der Waals surface area contributed by atoms with Gasteiger partial charge in [-0.2, -0.15) is 0 Å². The number of nitrogens with two attached hydrogens (primary N) is 1. The lowest BCUT2D eigenvalue weighted by molar-refractivity contribution is 0.0958. The number of amides is 1. The molecule has 0 aliphatic rings. The molecule has 0 aromatic carbocycles. The quantitative estimate of drug-likeness (QED) is 0.518. The van der Waals surface area contributed by atoms with Gasteiger partial charge in [-0.1, -0.05) is 11.3 Å². The maximum Gasteiger partial charge on any atom is 0.265 e. The van der Waals surface area contributed by atoms with Crippen LogP contribution >= 0.6 is 11.3 Å². The highest BCUT2D eigenvalue weighted by Gasteiger charge is 2.15. The molecule has 1 amide bonds. The first-order valence-corrected chi connectivity index (χ1v) is 6.72. The van der Waals surface area contributed by atoms with Crippen molar-refractivity contribution >= 4 is 28.2 Å². The van der Waals surface area contributed by atoms with E-state index in [9.17, 15) is 4.79 Å². The molecule has 98 valence electrons. The van der Waals surface area contributed by atoms with Crippen molar-refractivity contribution in [1.82, 2.24) is 10.3 Å². The number of rotatable bonds is 7. The van der Waals surface area contributed by atoms with Gasteiger partial charge in [-0.05, 0) is 19.8 Å². The number of hydrogen-bond donors (Lipinski definition) is 3. The fraction of sp³-hybridized carbons (Fsp3) is 0.500. The second-order valence-electron chi connectivity index (χ2n) is 3.68. The maximum atomic E-state index is 11.8. The van der Waals surface area contributed by atoms with Gasteiger partial charge in [0.1, 0.15) is 10.7 Å². The van der Waals surface area contributed by atoms with E-state index >= 15 is 0 Å². The molecule has 1 aromatic rings. The number of hydrogen-bond acceptors (Lipinski definition) is 5. The number of anilines is 2. The molecule has 0 bridgehead atoms. The van der Waals surface area contributed by atoms with Crippen molar-refractivity contribution in [3.8, 4) is 12.3 Å². The summed E-state index contributed by atoms with van der Waals surface area (Å²) in [6, 6.07) is 0. The van der Waals surface area contributed by atoms with E-state index in [4.69, 9.17) is 12.2 Å². The molecule has 18 heavy (non-hydrogen) atoms. The SMILES string of the molecule is C#CCCCCNC(=O)c1sc(NCC)nc1N. The normalized spacial score (nSPS) is 9.78. The van der Waals surface area contributed by atoms with Gasteiger partial charge in [-0.15, -0.1) is 12.3 Å². The zero-order valence-corrected chi connectivity index (χ0v) is 11.3. The molecule has 0 spiro atoms. The number of aromatic nitrogens is 1. The highest BCUT2D eigenvalue weighted by molar-refractivity contribution is 7.18. The summed E-state index contributed by atoms with van der Waals surface area (Å²) in [6.45, 7) is 3.32. The van der Waals surface area contributed by atoms with Gasteiger partial charge in [0.25, 0.3) is 5.91 Å². The largest absolute Gasteiger partial charge is 0.382 e. The Balaban J connectivity index is 2.44. The van der Waals surface area contributed by atoms with Crippen LogP contribution in [0.2, 0.25) is 0 Å². The molecule has 0 radical (unpaired) electrons. The van der Waals surface area contributed by atoms with Crippen LogP contribution in [0.3, 0.4) is 0 Å². The molecule has 4 N–H and O–H groups in total. The lowest BCUT2D eigenvalue weighted by Crippen LogP contribution is -2.24. The molecule has 0 aliphatic carbocycles. The predicted molar refractivity (Wildman–Crippen MR) is 75.7 cm³/mol. The van der Waals surface area contributed by atoms with Crippen LogP contribution < -0.4 is 16.4 Å². The molecule has 0 unspecified atom stereocenters. The zero-order chi connectivity index (χ0) is 13.4. The van der Waals surface area contributed by atoms with E-state index in [0.29, 0.717) is 16.6 Å². The summed E-state index contributed by atoms with van der Waals surface area (Å²) in [7, 11) is 0. The molecule has 0 fully saturated rings. The number of nitrogens with zero attached hydrogens (tertiary/aromatic N) is 1. The molecule has 6 heteroatoms. The van der Waals surface area contributed by atoms with E-state index in [1.54, 1.807) is 0 Å². The van der Waals surface area contributed by atoms with Crippen LogP contribution in [0.25, 0.3) is 0 Å². The summed E-state index contributed by atoms with van der Waals surface area (Å²) in [5, 5.41) is 6.52. The Kier molecular flexibility index (Phi) is 6.01. The summed E-state index contributed by atoms with van der Waals surface area (Å²) in [4.78, 5) is 16.4. The fourth-order valence-corrected chi connectivity index (χ4v) is 2.22. The molecular formula is C12H18N4OS. The summed E-state index contributed by atoms with van der Waals surface area (Å²) in [6.07, 6.45) is 7.67. The Bertz CT molecular complexity index is 436. The fourth-order valence-electron chi connectivity index (χ4n) is 1.36. The van der Waals surface area contributed by atoms with Crippen molar-refractivity contribution in [1.29, 1.82) is 0 Å². The minimum atomic E-state index is -0.171. The van der Waals surface area contributed by atoms with E-state index in [1.807, 2.05) is 6.92 Å². The van der Waals surface area contributed by atoms with Crippen LogP contribution in [0.1, 0.15) is 35.9 Å². The van der Waals surface area contributed by atoms with Crippen molar-refractivity contribution in [2.45, 2.75) is 26.2 Å². The predicted octanol–water partition coefficient (Wildman–Crippen LogP) is 1.69. The highest BCUT2D eigenvalue weighted by Crippen LogP contribution is 2.24. The Labute approximate surface area is 111 Å². The minimum absolute atomic E-state index is 0.171. The number of nitrogens with one attached hydrogen (secondary N) is 2. The van der Waals surface area contributed by atoms with Gasteiger partial charge in [-0.3, -0.25) is 4.79 Å². The van der Waals surface area contributed by atoms with E-state index in [0.717, 1.165) is 25.8 Å². The highest BCUT2D eigenvalue weighted by atomic mass is 32.1. The minimum Gasteiger partial charge on any atom is -0.382 e. The van der Waals surface area contributed by atoms with Gasteiger partial charge in [0.15, 0.2) is 5.13 Å². The third-order valence-electron chi connectivity index (χ3n) is 2.22. The van der Waals surface area contributed by atoms with Crippen LogP contribution in [-0.2, 0) is 0 Å². The van der Waals surface area contributed by atoms with E-state index in [2.05, 4.69) is 21.5 Å². The lowest BCUT2D eigenvalue weighted by Gasteiger charge is -2.02. The maximum absolute atomic E-state index is 11.8. The van der Waals surface area contributed by atoms with Gasteiger partial charge in [0, 0.05) is 19.5 Å². The van der Waals surface area contributed by atoms with Crippen molar-refractivity contribution in [3.05, 3.63) is 4.88 Å². The number of nitrogen functional groups attached to an aromatic ring is 1. The molecule has 5 nitrogen and oxygen atoms in total. The van der Waals surface area contributed by atoms with Crippen LogP contribution in [0.5, 0.6) is 0 Å². The standard InChI is InChI=1S/C12H18N4OS/c1-3-5-6-7-8-15-11(17)9-10(13)16-12(18-9)14-4-2/h1H,4-8,13H2,2H3,(H,14,16)(H,15,17). The second-order valence-corrected chi connectivity index (χ2v) is 4.68. The summed E-state index contributed by atoms with van der Waals surface area (Å²) in [5.41, 5.74) is 5.70. The van der Waals surface area contributed by atoms with Crippen LogP contribution in [0.4, 0.5) is 10.9 Å². The molecular weight excluding hydrogens is 248 g/mol. The Morgan fingerprint density at radius 2 is 2.33 bits per heavy atom. The third-order valence-corrected chi connectivity index (χ3v) is 3.25. The third kappa shape index (κ3) is 4.26. The monoisotopic (exact) mass is 266 g/mol. The molecule has 0 saturated carbocycles. The van der Waals surface area contributed by atoms with E-state index in [1.165, 1.54) is 11.3 Å². The van der Waals surface area contributed by atoms with Crippen LogP contribution in [0.15, 0.2) is 0 Å². The zero-order valence-electron chi connectivity index (χ0n) is 10.5. The van der Waals surface area contributed by atoms with Gasteiger partial charge in [0.2, 0.25) is 0 Å². The Hall–Kier alpha value is -1.74. The van der Waals surface area contributed by atoms with Gasteiger partial charge < -0.3 is 16.4 Å². The van der Waals surface area contributed by atoms with E-state index in [-0.39, 0.29) is 11.7 Å². The number of carbonyl (C=O) groups excluding carboxylic acids is 1. The lowest BCUT2D eigenvalue weighted by atomic mass is 10.2. The Morgan fingerprint density at radius 3 is 3.00 bits per heavy atom. The average Bonchev–Trinajstić information content (AvgIpc) is 2.70. The average molecular weight is 266 g/mol. The van der Waals surface area contributed by atoms with Gasteiger partial charge in [-0.25, -0.2) is 4.98 Å². The van der Waals surface area contributed by atoms with E-state index < -0.39 is 0 Å². The first-order chi connectivity index (χ1) is 8.69. The number of terminal acetylenes is 1. The smallest absolute Gasteiger partial charge is 0.265 e. The molecule has 1 rings (SSSR count). The van der Waals surface area contributed by atoms with Gasteiger partial charge >= 0.3 is 0 Å². The number of thiazole rings is 1. The van der Waals surface area contributed by atoms with Gasteiger partial charge in [0.05, 0.1) is 0 Å². The first kappa shape index (κ1) is 14.3. The molecule has 1 heterocycles. The molecule has 0 saturated heterocycles. The number of carbonyl (C=O) groups is 1. The Morgan fingerprint density at radius 1 is 1.56 bits per heavy atom. The molecule has 1 aromatic heterocycles. The second kappa shape index (κ2) is 7.56. The summed E-state index contributed by atoms with van der Waals surface area (Å²) >= 11 is 1.27. The first-order valence-electron chi connectivity index (χ1n) is 5.90. The summed E-state index contributed by atoms with van der Waals surface area (Å²) in [5.74, 6) is 2.67. The summed E-state index contributed by atoms with van der Waals surface area (Å²) < 4.78 is 0. The van der Waals surface area contributed by atoms with Crippen molar-refractivity contribution < 1.29 is 4.79 Å². The van der Waals surface area contributed by atoms with Crippen LogP contribution in [0, 0.1) is 12.3 Å². The van der Waals surface area contributed by atoms with Crippen molar-refractivity contribution in [2.75, 3.05) is 24.1 Å². The molecule has 0 aliphatic heterocycles. The van der Waals surface area contributed by atoms with Crippen LogP contribution in [-0.4, -0.2) is 24.0 Å². The number of unbranched alkanes of at least 4 members (excludes halogenated alkanes) is 2. The van der Waals surface area contributed by atoms with Crippen molar-refractivity contribution in [3.63, 3.8) is 0 Å². The van der Waals surface area contributed by atoms with Crippen molar-refractivity contribution in [2.24, 2.45) is 0 Å². The topological polar surface area (TPSA) is 80.0 Å². The molecule has 0 atom stereocenters.